The van der Waals surface area contributed by atoms with Gasteiger partial charge in [0.05, 0.1) is 18.4 Å². The van der Waals surface area contributed by atoms with Crippen LogP contribution in [0.5, 0.6) is 0 Å². The SMILES string of the molecule is Fc1ccc([C@@H]2CN(Cc3cn4cccnc4n3)CCO2)c(Cl)c1. The molecule has 1 aliphatic rings. The van der Waals surface area contributed by atoms with Crippen LogP contribution in [0.3, 0.4) is 0 Å². The van der Waals surface area contributed by atoms with E-state index >= 15 is 0 Å². The van der Waals surface area contributed by atoms with Gasteiger partial charge in [-0.2, -0.15) is 0 Å². The van der Waals surface area contributed by atoms with Gasteiger partial charge in [0.1, 0.15) is 5.82 Å². The van der Waals surface area contributed by atoms with E-state index in [1.807, 2.05) is 22.9 Å². The molecule has 0 saturated carbocycles. The topological polar surface area (TPSA) is 42.7 Å². The van der Waals surface area contributed by atoms with E-state index in [-0.39, 0.29) is 11.9 Å². The molecule has 2 aromatic heterocycles. The Morgan fingerprint density at radius 2 is 2.29 bits per heavy atom. The lowest BCUT2D eigenvalue weighted by atomic mass is 10.1. The van der Waals surface area contributed by atoms with Crippen molar-refractivity contribution in [3.8, 4) is 0 Å². The van der Waals surface area contributed by atoms with E-state index in [9.17, 15) is 4.39 Å². The molecule has 0 N–H and O–H groups in total. The fourth-order valence-corrected chi connectivity index (χ4v) is 3.27. The summed E-state index contributed by atoms with van der Waals surface area (Å²) in [5.41, 5.74) is 1.78. The van der Waals surface area contributed by atoms with E-state index in [2.05, 4.69) is 14.9 Å². The van der Waals surface area contributed by atoms with Crippen LogP contribution in [0, 0.1) is 5.82 Å². The first-order valence-electron chi connectivity index (χ1n) is 7.76. The normalized spacial score (nSPS) is 19.0. The summed E-state index contributed by atoms with van der Waals surface area (Å²) in [5, 5.41) is 0.402. The Morgan fingerprint density at radius 1 is 1.38 bits per heavy atom. The van der Waals surface area contributed by atoms with Crippen LogP contribution in [0.15, 0.2) is 42.9 Å². The molecule has 124 valence electrons. The third-order valence-corrected chi connectivity index (χ3v) is 4.46. The van der Waals surface area contributed by atoms with Crippen LogP contribution in [0.25, 0.3) is 5.78 Å². The number of nitrogens with zero attached hydrogens (tertiary/aromatic N) is 4. The largest absolute Gasteiger partial charge is 0.371 e. The number of fused-ring (bicyclic) bond motifs is 1. The molecule has 1 atom stereocenters. The Balaban J connectivity index is 1.50. The lowest BCUT2D eigenvalue weighted by Crippen LogP contribution is -2.38. The molecular formula is C17H16ClFN4O. The summed E-state index contributed by atoms with van der Waals surface area (Å²) in [6.45, 7) is 2.81. The lowest BCUT2D eigenvalue weighted by molar-refractivity contribution is -0.0332. The zero-order valence-corrected chi connectivity index (χ0v) is 13.7. The van der Waals surface area contributed by atoms with Gasteiger partial charge in [-0.15, -0.1) is 0 Å². The van der Waals surface area contributed by atoms with Gasteiger partial charge < -0.3 is 4.74 Å². The number of ether oxygens (including phenoxy) is 1. The highest BCUT2D eigenvalue weighted by atomic mass is 35.5. The minimum atomic E-state index is -0.339. The van der Waals surface area contributed by atoms with Gasteiger partial charge in [-0.1, -0.05) is 17.7 Å². The highest BCUT2D eigenvalue weighted by molar-refractivity contribution is 6.31. The standard InChI is InChI=1S/C17H16ClFN4O/c18-15-8-12(19)2-3-14(15)16-11-22(6-7-24-16)9-13-10-23-5-1-4-20-17(23)21-13/h1-5,8,10,16H,6-7,9,11H2/t16-/m0/s1. The number of morpholine rings is 1. The van der Waals surface area contributed by atoms with Crippen LogP contribution >= 0.6 is 11.6 Å². The minimum Gasteiger partial charge on any atom is -0.371 e. The summed E-state index contributed by atoms with van der Waals surface area (Å²) >= 11 is 6.16. The molecule has 3 heterocycles. The van der Waals surface area contributed by atoms with Crippen molar-refractivity contribution < 1.29 is 9.13 Å². The summed E-state index contributed by atoms with van der Waals surface area (Å²) in [6.07, 6.45) is 5.48. The van der Waals surface area contributed by atoms with Crippen molar-refractivity contribution in [1.29, 1.82) is 0 Å². The first-order chi connectivity index (χ1) is 11.7. The smallest absolute Gasteiger partial charge is 0.233 e. The molecule has 4 rings (SSSR count). The van der Waals surface area contributed by atoms with E-state index in [4.69, 9.17) is 16.3 Å². The van der Waals surface area contributed by atoms with Crippen LogP contribution in [0.4, 0.5) is 4.39 Å². The van der Waals surface area contributed by atoms with Crippen molar-refractivity contribution in [2.24, 2.45) is 0 Å². The van der Waals surface area contributed by atoms with E-state index in [1.54, 1.807) is 12.3 Å². The Hall–Kier alpha value is -2.02. The number of aromatic nitrogens is 3. The van der Waals surface area contributed by atoms with Gasteiger partial charge in [0.2, 0.25) is 5.78 Å². The van der Waals surface area contributed by atoms with Crippen molar-refractivity contribution in [2.75, 3.05) is 19.7 Å². The third-order valence-electron chi connectivity index (χ3n) is 4.13. The highest BCUT2D eigenvalue weighted by Gasteiger charge is 2.24. The number of rotatable bonds is 3. The second kappa shape index (κ2) is 6.47. The Morgan fingerprint density at radius 3 is 3.12 bits per heavy atom. The molecule has 7 heteroatoms. The molecule has 24 heavy (non-hydrogen) atoms. The van der Waals surface area contributed by atoms with Crippen LogP contribution in [0.1, 0.15) is 17.4 Å². The maximum absolute atomic E-state index is 13.2. The van der Waals surface area contributed by atoms with Crippen molar-refractivity contribution in [2.45, 2.75) is 12.6 Å². The fraction of sp³-hybridized carbons (Fsp3) is 0.294. The monoisotopic (exact) mass is 346 g/mol. The van der Waals surface area contributed by atoms with Gasteiger partial charge in [-0.25, -0.2) is 14.4 Å². The molecule has 1 fully saturated rings. The van der Waals surface area contributed by atoms with Crippen molar-refractivity contribution in [3.05, 3.63) is 65.0 Å². The van der Waals surface area contributed by atoms with Gasteiger partial charge in [0.15, 0.2) is 0 Å². The molecule has 0 amide bonds. The zero-order valence-electron chi connectivity index (χ0n) is 12.9. The second-order valence-corrected chi connectivity index (χ2v) is 6.23. The zero-order chi connectivity index (χ0) is 16.5. The van der Waals surface area contributed by atoms with Gasteiger partial charge in [0.25, 0.3) is 0 Å². The lowest BCUT2D eigenvalue weighted by Gasteiger charge is -2.33. The molecule has 0 bridgehead atoms. The maximum atomic E-state index is 13.2. The predicted molar refractivity (Wildman–Crippen MR) is 88.4 cm³/mol. The number of hydrogen-bond acceptors (Lipinski definition) is 4. The van der Waals surface area contributed by atoms with E-state index in [0.717, 1.165) is 17.8 Å². The summed E-state index contributed by atoms with van der Waals surface area (Å²) in [4.78, 5) is 11.0. The van der Waals surface area contributed by atoms with Crippen LogP contribution in [-0.4, -0.2) is 39.0 Å². The van der Waals surface area contributed by atoms with Crippen molar-refractivity contribution in [3.63, 3.8) is 0 Å². The molecular weight excluding hydrogens is 331 g/mol. The van der Waals surface area contributed by atoms with Crippen molar-refractivity contribution in [1.82, 2.24) is 19.3 Å². The van der Waals surface area contributed by atoms with Crippen LogP contribution < -0.4 is 0 Å². The minimum absolute atomic E-state index is 0.165. The van der Waals surface area contributed by atoms with Gasteiger partial charge >= 0.3 is 0 Å². The van der Waals surface area contributed by atoms with E-state index in [1.165, 1.54) is 12.1 Å². The molecule has 0 unspecified atom stereocenters. The quantitative estimate of drug-likeness (QED) is 0.731. The first-order valence-corrected chi connectivity index (χ1v) is 8.14. The van der Waals surface area contributed by atoms with Crippen molar-refractivity contribution >= 4 is 17.4 Å². The average Bonchev–Trinajstić information content (AvgIpc) is 2.97. The van der Waals surface area contributed by atoms with Gasteiger partial charge in [-0.05, 0) is 18.2 Å². The van der Waals surface area contributed by atoms with Gasteiger partial charge in [-0.3, -0.25) is 9.30 Å². The molecule has 0 aliphatic carbocycles. The molecule has 1 aromatic carbocycles. The highest BCUT2D eigenvalue weighted by Crippen LogP contribution is 2.29. The van der Waals surface area contributed by atoms with Gasteiger partial charge in [0, 0.05) is 48.8 Å². The molecule has 0 radical (unpaired) electrons. The first kappa shape index (κ1) is 15.5. The predicted octanol–water partition coefficient (Wildman–Crippen LogP) is 3.10. The third kappa shape index (κ3) is 3.13. The number of imidazole rings is 1. The summed E-state index contributed by atoms with van der Waals surface area (Å²) in [6, 6.07) is 6.31. The number of benzene rings is 1. The molecule has 0 spiro atoms. The molecule has 1 saturated heterocycles. The van der Waals surface area contributed by atoms with E-state index in [0.29, 0.717) is 30.5 Å². The van der Waals surface area contributed by atoms with Crippen LogP contribution in [0.2, 0.25) is 5.02 Å². The fourth-order valence-electron chi connectivity index (χ4n) is 2.98. The average molecular weight is 347 g/mol. The molecule has 3 aromatic rings. The summed E-state index contributed by atoms with van der Waals surface area (Å²) < 4.78 is 21.0. The Labute approximate surface area is 143 Å². The number of hydrogen-bond donors (Lipinski definition) is 0. The molecule has 1 aliphatic heterocycles. The summed E-state index contributed by atoms with van der Waals surface area (Å²) in [5.74, 6) is 0.354. The molecule has 5 nitrogen and oxygen atoms in total. The van der Waals surface area contributed by atoms with Crippen LogP contribution in [-0.2, 0) is 11.3 Å². The van der Waals surface area contributed by atoms with E-state index < -0.39 is 0 Å². The maximum Gasteiger partial charge on any atom is 0.233 e. The Kier molecular flexibility index (Phi) is 4.18. The second-order valence-electron chi connectivity index (χ2n) is 5.82. The Bertz CT molecular complexity index is 836. The summed E-state index contributed by atoms with van der Waals surface area (Å²) in [7, 11) is 0. The number of halogens is 2.